The van der Waals surface area contributed by atoms with E-state index in [-0.39, 0.29) is 22.4 Å². The molecule has 4 rings (SSSR count). The summed E-state index contributed by atoms with van der Waals surface area (Å²) in [5.41, 5.74) is 0.399. The van der Waals surface area contributed by atoms with Gasteiger partial charge in [-0.3, -0.25) is 14.0 Å². The highest BCUT2D eigenvalue weighted by molar-refractivity contribution is 7.15. The van der Waals surface area contributed by atoms with Crippen molar-refractivity contribution < 1.29 is 23.9 Å². The molecule has 34 heavy (non-hydrogen) atoms. The number of carbonyl (C=O) groups is 3. The maximum Gasteiger partial charge on any atom is 0.337 e. The number of fused-ring (bicyclic) bond motifs is 1. The zero-order valence-electron chi connectivity index (χ0n) is 17.8. The molecule has 0 bridgehead atoms. The van der Waals surface area contributed by atoms with E-state index in [0.717, 1.165) is 0 Å². The van der Waals surface area contributed by atoms with Crippen molar-refractivity contribution in [1.82, 2.24) is 9.38 Å². The lowest BCUT2D eigenvalue weighted by Crippen LogP contribution is -2.26. The Bertz CT molecular complexity index is 1480. The van der Waals surface area contributed by atoms with Crippen LogP contribution < -0.4 is 10.9 Å². The van der Waals surface area contributed by atoms with Crippen LogP contribution in [0.25, 0.3) is 16.2 Å². The number of aromatic nitrogens is 2. The number of nitrogens with one attached hydrogen (secondary N) is 1. The fraction of sp³-hybridized carbons (Fsp3) is 0.0870. The lowest BCUT2D eigenvalue weighted by Gasteiger charge is -2.10. The van der Waals surface area contributed by atoms with Gasteiger partial charge in [0.05, 0.1) is 31.0 Å². The molecule has 1 N–H and O–H groups in total. The molecule has 0 fully saturated rings. The van der Waals surface area contributed by atoms with Crippen LogP contribution in [0.5, 0.6) is 0 Å². The van der Waals surface area contributed by atoms with E-state index in [9.17, 15) is 19.2 Å². The quantitative estimate of drug-likeness (QED) is 0.415. The average Bonchev–Trinajstić information content (AvgIpc) is 3.28. The predicted octanol–water partition coefficient (Wildman–Crippen LogP) is 3.90. The largest absolute Gasteiger partial charge is 0.465 e. The number of benzene rings is 2. The van der Waals surface area contributed by atoms with Gasteiger partial charge in [-0.2, -0.15) is 0 Å². The Labute approximate surface area is 201 Å². The lowest BCUT2D eigenvalue weighted by atomic mass is 10.1. The molecule has 0 radical (unpaired) electrons. The minimum atomic E-state index is -0.777. The Morgan fingerprint density at radius 3 is 2.29 bits per heavy atom. The average molecular weight is 498 g/mol. The Morgan fingerprint density at radius 2 is 1.68 bits per heavy atom. The molecule has 2 heterocycles. The van der Waals surface area contributed by atoms with E-state index in [0.29, 0.717) is 21.2 Å². The number of hydrogen-bond acceptors (Lipinski definition) is 8. The first-order chi connectivity index (χ1) is 16.3. The summed E-state index contributed by atoms with van der Waals surface area (Å²) in [4.78, 5) is 54.8. The fourth-order valence-electron chi connectivity index (χ4n) is 3.28. The van der Waals surface area contributed by atoms with Crippen LogP contribution in [0, 0.1) is 0 Å². The van der Waals surface area contributed by atoms with Crippen LogP contribution in [0.4, 0.5) is 5.69 Å². The number of amides is 1. The molecule has 0 aliphatic rings. The van der Waals surface area contributed by atoms with Gasteiger partial charge < -0.3 is 14.8 Å². The molecule has 4 aromatic rings. The Morgan fingerprint density at radius 1 is 1.03 bits per heavy atom. The van der Waals surface area contributed by atoms with E-state index in [2.05, 4.69) is 10.3 Å². The van der Waals surface area contributed by atoms with Crippen LogP contribution >= 0.6 is 22.9 Å². The summed E-state index contributed by atoms with van der Waals surface area (Å²) in [5.74, 6) is -2.21. The molecule has 0 atom stereocenters. The van der Waals surface area contributed by atoms with Gasteiger partial charge in [-0.1, -0.05) is 29.8 Å². The van der Waals surface area contributed by atoms with E-state index in [4.69, 9.17) is 21.1 Å². The normalized spacial score (nSPS) is 10.7. The number of esters is 2. The number of rotatable bonds is 5. The van der Waals surface area contributed by atoms with E-state index in [1.54, 1.807) is 29.6 Å². The van der Waals surface area contributed by atoms with Gasteiger partial charge in [0, 0.05) is 27.9 Å². The van der Waals surface area contributed by atoms with Crippen molar-refractivity contribution in [2.75, 3.05) is 19.5 Å². The molecular weight excluding hydrogens is 482 g/mol. The number of methoxy groups -OCH3 is 2. The first-order valence-electron chi connectivity index (χ1n) is 9.71. The molecule has 2 aromatic carbocycles. The minimum Gasteiger partial charge on any atom is -0.465 e. The smallest absolute Gasteiger partial charge is 0.337 e. The highest BCUT2D eigenvalue weighted by Gasteiger charge is 2.20. The van der Waals surface area contributed by atoms with Gasteiger partial charge in [-0.15, -0.1) is 11.3 Å². The van der Waals surface area contributed by atoms with Gasteiger partial charge in [-0.25, -0.2) is 14.6 Å². The molecule has 0 saturated heterocycles. The van der Waals surface area contributed by atoms with Gasteiger partial charge in [0.25, 0.3) is 11.5 Å². The molecule has 172 valence electrons. The number of ether oxygens (including phenoxy) is 2. The predicted molar refractivity (Wildman–Crippen MR) is 127 cm³/mol. The van der Waals surface area contributed by atoms with E-state index in [1.807, 2.05) is 0 Å². The number of carbonyl (C=O) groups excluding carboxylic acids is 3. The fourth-order valence-corrected chi connectivity index (χ4v) is 4.36. The number of hydrogen-bond donors (Lipinski definition) is 1. The molecule has 0 saturated carbocycles. The number of halogens is 1. The number of anilines is 1. The summed E-state index contributed by atoms with van der Waals surface area (Å²) in [6.07, 6.45) is 1.17. The third-order valence-corrected chi connectivity index (χ3v) is 6.04. The zero-order valence-corrected chi connectivity index (χ0v) is 19.4. The Balaban J connectivity index is 1.76. The summed E-state index contributed by atoms with van der Waals surface area (Å²) in [5, 5.41) is 4.71. The molecule has 0 unspecified atom stereocenters. The number of nitrogens with zero attached hydrogens (tertiary/aromatic N) is 2. The SMILES string of the molecule is COC(=O)c1cc(NC(=O)c2cnc3scc(-c4ccccc4Cl)n3c2=O)cc(C(=O)OC)c1. The maximum absolute atomic E-state index is 13.2. The van der Waals surface area contributed by atoms with Crippen LogP contribution in [0.3, 0.4) is 0 Å². The van der Waals surface area contributed by atoms with Gasteiger partial charge in [-0.05, 0) is 24.3 Å². The van der Waals surface area contributed by atoms with Crippen molar-refractivity contribution in [3.8, 4) is 11.3 Å². The molecule has 0 spiro atoms. The van der Waals surface area contributed by atoms with Crippen molar-refractivity contribution in [1.29, 1.82) is 0 Å². The molecule has 9 nitrogen and oxygen atoms in total. The topological polar surface area (TPSA) is 116 Å². The van der Waals surface area contributed by atoms with Crippen LogP contribution in [-0.2, 0) is 9.47 Å². The van der Waals surface area contributed by atoms with Gasteiger partial charge in [0.15, 0.2) is 4.96 Å². The minimum absolute atomic E-state index is 0.0184. The summed E-state index contributed by atoms with van der Waals surface area (Å²) in [6.45, 7) is 0. The van der Waals surface area contributed by atoms with Crippen molar-refractivity contribution >= 4 is 51.4 Å². The third-order valence-electron chi connectivity index (χ3n) is 4.87. The van der Waals surface area contributed by atoms with Crippen molar-refractivity contribution in [3.05, 3.63) is 86.1 Å². The summed E-state index contributed by atoms with van der Waals surface area (Å²) in [6, 6.07) is 10.9. The summed E-state index contributed by atoms with van der Waals surface area (Å²) < 4.78 is 10.7. The molecule has 2 aromatic heterocycles. The van der Waals surface area contributed by atoms with Crippen molar-refractivity contribution in [2.24, 2.45) is 0 Å². The first-order valence-corrected chi connectivity index (χ1v) is 11.0. The van der Waals surface area contributed by atoms with Gasteiger partial charge >= 0.3 is 11.9 Å². The van der Waals surface area contributed by atoms with Gasteiger partial charge in [0.1, 0.15) is 5.56 Å². The second kappa shape index (κ2) is 9.46. The highest BCUT2D eigenvalue weighted by atomic mass is 35.5. The second-order valence-corrected chi connectivity index (χ2v) is 8.18. The van der Waals surface area contributed by atoms with E-state index >= 15 is 0 Å². The van der Waals surface area contributed by atoms with Crippen molar-refractivity contribution in [3.63, 3.8) is 0 Å². The monoisotopic (exact) mass is 497 g/mol. The summed E-state index contributed by atoms with van der Waals surface area (Å²) in [7, 11) is 2.37. The first kappa shape index (κ1) is 23.1. The molecule has 1 amide bonds. The molecular formula is C23H16ClN3O6S. The van der Waals surface area contributed by atoms with Crippen LogP contribution in [0.1, 0.15) is 31.1 Å². The Hall–Kier alpha value is -4.02. The van der Waals surface area contributed by atoms with E-state index in [1.165, 1.54) is 54.4 Å². The molecule has 11 heteroatoms. The van der Waals surface area contributed by atoms with E-state index < -0.39 is 23.4 Å². The van der Waals surface area contributed by atoms with Crippen LogP contribution in [-0.4, -0.2) is 41.5 Å². The van der Waals surface area contributed by atoms with Crippen LogP contribution in [0.15, 0.2) is 58.8 Å². The Kier molecular flexibility index (Phi) is 6.44. The highest BCUT2D eigenvalue weighted by Crippen LogP contribution is 2.30. The lowest BCUT2D eigenvalue weighted by molar-refractivity contribution is 0.0599. The second-order valence-electron chi connectivity index (χ2n) is 6.93. The number of thiazole rings is 1. The molecule has 0 aliphatic heterocycles. The zero-order chi connectivity index (χ0) is 24.4. The van der Waals surface area contributed by atoms with Crippen molar-refractivity contribution in [2.45, 2.75) is 0 Å². The summed E-state index contributed by atoms with van der Waals surface area (Å²) >= 11 is 7.53. The standard InChI is InChI=1S/C23H16ClN3O6S/c1-32-21(30)12-7-13(22(31)33-2)9-14(8-12)26-19(28)16-10-25-23-27(20(16)29)18(11-34-23)15-5-3-4-6-17(15)24/h3-11H,1-2H3,(H,26,28). The third kappa shape index (κ3) is 4.28. The maximum atomic E-state index is 13.2. The van der Waals surface area contributed by atoms with Crippen LogP contribution in [0.2, 0.25) is 5.02 Å². The van der Waals surface area contributed by atoms with Gasteiger partial charge in [0.2, 0.25) is 0 Å². The molecule has 0 aliphatic carbocycles.